The van der Waals surface area contributed by atoms with Gasteiger partial charge < -0.3 is 19.4 Å². The van der Waals surface area contributed by atoms with Gasteiger partial charge in [0.1, 0.15) is 12.3 Å². The van der Waals surface area contributed by atoms with Crippen molar-refractivity contribution >= 4 is 38.5 Å². The third-order valence-corrected chi connectivity index (χ3v) is 7.88. The molecule has 186 valence electrons. The predicted octanol–water partition coefficient (Wildman–Crippen LogP) is 3.64. The van der Waals surface area contributed by atoms with Crippen molar-refractivity contribution in [3.05, 3.63) is 54.2 Å². The number of para-hydroxylation sites is 1. The molecule has 1 aromatic heterocycles. The molecule has 1 aliphatic rings. The molecule has 35 heavy (non-hydrogen) atoms. The molecular weight excluding hydrogens is 470 g/mol. The van der Waals surface area contributed by atoms with Crippen molar-refractivity contribution in [2.24, 2.45) is 0 Å². The highest BCUT2D eigenvalue weighted by Gasteiger charge is 2.27. The fraction of sp³-hybridized carbons (Fsp3) is 0.360. The first-order valence-corrected chi connectivity index (χ1v) is 13.0. The van der Waals surface area contributed by atoms with Crippen LogP contribution in [-0.2, 0) is 26.1 Å². The summed E-state index contributed by atoms with van der Waals surface area (Å²) in [5, 5.41) is 3.47. The van der Waals surface area contributed by atoms with Gasteiger partial charge in [-0.1, -0.05) is 24.6 Å². The average molecular weight is 500 g/mol. The number of sulfonamides is 1. The van der Waals surface area contributed by atoms with Crippen molar-refractivity contribution in [2.75, 3.05) is 32.1 Å². The Morgan fingerprint density at radius 1 is 1.06 bits per heavy atom. The van der Waals surface area contributed by atoms with E-state index in [1.807, 2.05) is 25.1 Å². The van der Waals surface area contributed by atoms with Crippen LogP contribution in [0.2, 0.25) is 0 Å². The lowest BCUT2D eigenvalue weighted by atomic mass is 10.2. The number of aromatic nitrogens is 1. The Kier molecular flexibility index (Phi) is 7.42. The molecule has 0 unspecified atom stereocenters. The third kappa shape index (κ3) is 5.18. The number of carbonyl (C=O) groups excluding carboxylic acids is 2. The second kappa shape index (κ2) is 10.5. The molecule has 9 nitrogen and oxygen atoms in total. The zero-order valence-corrected chi connectivity index (χ0v) is 20.6. The summed E-state index contributed by atoms with van der Waals surface area (Å²) < 4.78 is 39.9. The highest BCUT2D eigenvalue weighted by Crippen LogP contribution is 2.30. The van der Waals surface area contributed by atoms with Crippen LogP contribution in [0.1, 0.15) is 36.5 Å². The lowest BCUT2D eigenvalue weighted by Crippen LogP contribution is -2.35. The Balaban J connectivity index is 1.61. The molecule has 0 spiro atoms. The second-order valence-corrected chi connectivity index (χ2v) is 10.2. The predicted molar refractivity (Wildman–Crippen MR) is 132 cm³/mol. The van der Waals surface area contributed by atoms with Crippen molar-refractivity contribution in [1.82, 2.24) is 8.87 Å². The van der Waals surface area contributed by atoms with Crippen LogP contribution in [0, 0.1) is 0 Å². The summed E-state index contributed by atoms with van der Waals surface area (Å²) in [4.78, 5) is 25.3. The minimum atomic E-state index is -3.68. The van der Waals surface area contributed by atoms with Gasteiger partial charge in [0.2, 0.25) is 15.9 Å². The molecule has 0 radical (unpaired) electrons. The van der Waals surface area contributed by atoms with Crippen LogP contribution in [0.5, 0.6) is 5.75 Å². The maximum atomic E-state index is 13.2. The minimum absolute atomic E-state index is 0.0911. The number of methoxy groups -OCH3 is 1. The molecule has 0 aliphatic carbocycles. The quantitative estimate of drug-likeness (QED) is 0.474. The number of esters is 1. The molecule has 3 aromatic rings. The van der Waals surface area contributed by atoms with E-state index in [1.165, 1.54) is 23.5 Å². The van der Waals surface area contributed by atoms with Gasteiger partial charge in [-0.25, -0.2) is 13.2 Å². The second-order valence-electron chi connectivity index (χ2n) is 8.28. The molecular formula is C25H29N3O6S. The van der Waals surface area contributed by atoms with Gasteiger partial charge in [0.25, 0.3) is 0 Å². The number of ether oxygens (including phenoxy) is 2. The number of fused-ring (bicyclic) bond motifs is 1. The number of rotatable bonds is 8. The van der Waals surface area contributed by atoms with Gasteiger partial charge in [0, 0.05) is 30.2 Å². The molecule has 1 N–H and O–H groups in total. The summed E-state index contributed by atoms with van der Waals surface area (Å²) in [6, 6.07) is 11.7. The van der Waals surface area contributed by atoms with Crippen molar-refractivity contribution in [2.45, 2.75) is 37.6 Å². The number of nitrogens with zero attached hydrogens (tertiary/aromatic N) is 2. The van der Waals surface area contributed by atoms with Gasteiger partial charge in [-0.05, 0) is 44.0 Å². The Morgan fingerprint density at radius 2 is 1.80 bits per heavy atom. The van der Waals surface area contributed by atoms with E-state index in [4.69, 9.17) is 9.47 Å². The first-order chi connectivity index (χ1) is 16.8. The fourth-order valence-corrected chi connectivity index (χ4v) is 5.84. The van der Waals surface area contributed by atoms with Crippen molar-refractivity contribution in [3.8, 4) is 5.75 Å². The van der Waals surface area contributed by atoms with Gasteiger partial charge in [0.15, 0.2) is 0 Å². The van der Waals surface area contributed by atoms with E-state index < -0.39 is 21.9 Å². The van der Waals surface area contributed by atoms with Gasteiger partial charge in [-0.2, -0.15) is 4.31 Å². The van der Waals surface area contributed by atoms with E-state index in [2.05, 4.69) is 5.32 Å². The molecule has 2 aromatic carbocycles. The number of nitrogens with one attached hydrogen (secondary N) is 1. The summed E-state index contributed by atoms with van der Waals surface area (Å²) in [6.45, 7) is 3.04. The van der Waals surface area contributed by atoms with E-state index >= 15 is 0 Å². The van der Waals surface area contributed by atoms with E-state index in [9.17, 15) is 18.0 Å². The van der Waals surface area contributed by atoms with Crippen LogP contribution in [0.15, 0.2) is 53.6 Å². The summed E-state index contributed by atoms with van der Waals surface area (Å²) in [5.41, 5.74) is 1.34. The Morgan fingerprint density at radius 3 is 2.51 bits per heavy atom. The lowest BCUT2D eigenvalue weighted by molar-refractivity contribution is -0.116. The fourth-order valence-electron chi connectivity index (χ4n) is 4.30. The van der Waals surface area contributed by atoms with Gasteiger partial charge in [-0.3, -0.25) is 4.79 Å². The third-order valence-electron chi connectivity index (χ3n) is 5.99. The van der Waals surface area contributed by atoms with Crippen molar-refractivity contribution in [3.63, 3.8) is 0 Å². The average Bonchev–Trinajstić information content (AvgIpc) is 3.23. The topological polar surface area (TPSA) is 107 Å². The van der Waals surface area contributed by atoms with Crippen LogP contribution >= 0.6 is 0 Å². The van der Waals surface area contributed by atoms with Crippen LogP contribution in [0.3, 0.4) is 0 Å². The molecule has 1 amide bonds. The highest BCUT2D eigenvalue weighted by molar-refractivity contribution is 7.89. The monoisotopic (exact) mass is 499 g/mol. The highest BCUT2D eigenvalue weighted by atomic mass is 32.2. The number of hydrogen-bond acceptors (Lipinski definition) is 6. The number of hydrogen-bond donors (Lipinski definition) is 1. The summed E-state index contributed by atoms with van der Waals surface area (Å²) >= 11 is 0. The van der Waals surface area contributed by atoms with E-state index in [0.29, 0.717) is 41.9 Å². The van der Waals surface area contributed by atoms with Crippen LogP contribution < -0.4 is 10.1 Å². The zero-order chi connectivity index (χ0) is 25.0. The maximum Gasteiger partial charge on any atom is 0.340 e. The molecule has 4 rings (SSSR count). The summed E-state index contributed by atoms with van der Waals surface area (Å²) in [5.74, 6) is -0.503. The SMILES string of the molecule is CCOc1ccc(S(=O)(=O)N2CCCCC2)cc1NC(=O)Cn1cc(C(=O)OC)c2ccccc21. The van der Waals surface area contributed by atoms with Crippen LogP contribution in [0.4, 0.5) is 5.69 Å². The largest absolute Gasteiger partial charge is 0.492 e. The van der Waals surface area contributed by atoms with Gasteiger partial charge >= 0.3 is 5.97 Å². The van der Waals surface area contributed by atoms with Gasteiger partial charge in [0.05, 0.1) is 29.9 Å². The van der Waals surface area contributed by atoms with Crippen molar-refractivity contribution < 1.29 is 27.5 Å². The van der Waals surface area contributed by atoms with E-state index in [1.54, 1.807) is 22.9 Å². The van der Waals surface area contributed by atoms with Crippen LogP contribution in [-0.4, -0.2) is 56.0 Å². The number of carbonyl (C=O) groups is 2. The minimum Gasteiger partial charge on any atom is -0.492 e. The smallest absolute Gasteiger partial charge is 0.340 e. The standard InChI is InChI=1S/C25H29N3O6S/c1-3-34-23-12-11-18(35(31,32)28-13-7-4-8-14-28)15-21(23)26-24(29)17-27-16-20(25(30)33-2)19-9-5-6-10-22(19)27/h5-6,9-12,15-16H,3-4,7-8,13-14,17H2,1-2H3,(H,26,29). The Bertz CT molecular complexity index is 1340. The number of anilines is 1. The summed E-state index contributed by atoms with van der Waals surface area (Å²) in [7, 11) is -2.37. The van der Waals surface area contributed by atoms with Gasteiger partial charge in [-0.15, -0.1) is 0 Å². The molecule has 0 atom stereocenters. The molecule has 0 saturated carbocycles. The molecule has 1 saturated heterocycles. The first kappa shape index (κ1) is 24.7. The number of piperidine rings is 1. The normalized spacial score (nSPS) is 14.6. The van der Waals surface area contributed by atoms with E-state index in [-0.39, 0.29) is 17.1 Å². The molecule has 10 heteroatoms. The number of benzene rings is 2. The summed E-state index contributed by atoms with van der Waals surface area (Å²) in [6.07, 6.45) is 4.26. The maximum absolute atomic E-state index is 13.2. The Hall–Kier alpha value is -3.37. The van der Waals surface area contributed by atoms with Crippen molar-refractivity contribution in [1.29, 1.82) is 0 Å². The first-order valence-electron chi connectivity index (χ1n) is 11.6. The van der Waals surface area contributed by atoms with E-state index in [0.717, 1.165) is 19.3 Å². The molecule has 1 fully saturated rings. The Labute approximate surface area is 204 Å². The lowest BCUT2D eigenvalue weighted by Gasteiger charge is -2.26. The number of amides is 1. The molecule has 1 aliphatic heterocycles. The van der Waals surface area contributed by atoms with Crippen LogP contribution in [0.25, 0.3) is 10.9 Å². The molecule has 2 heterocycles. The zero-order valence-electron chi connectivity index (χ0n) is 19.8. The molecule has 0 bridgehead atoms.